The molecule has 0 unspecified atom stereocenters. The van der Waals surface area contributed by atoms with Crippen LogP contribution in [0.25, 0.3) is 0 Å². The van der Waals surface area contributed by atoms with Crippen LogP contribution in [0.3, 0.4) is 0 Å². The zero-order valence-electron chi connectivity index (χ0n) is 11.2. The first-order valence-corrected chi connectivity index (χ1v) is 6.35. The standard InChI is InChI=1S/C14H16ClN3O/c1-10-5-4-6-11(13(10)15)14(19)18(3)9-12-16-7-8-17(12)2/h4-8H,9H2,1-3H3. The van der Waals surface area contributed by atoms with E-state index in [1.807, 2.05) is 36.9 Å². The molecule has 2 aromatic rings. The quantitative estimate of drug-likeness (QED) is 0.865. The van der Waals surface area contributed by atoms with Crippen molar-refractivity contribution in [1.82, 2.24) is 14.5 Å². The second-order valence-corrected chi connectivity index (χ2v) is 4.93. The van der Waals surface area contributed by atoms with Crippen molar-refractivity contribution in [3.05, 3.63) is 52.6 Å². The number of aryl methyl sites for hydroxylation is 2. The number of amides is 1. The normalized spacial score (nSPS) is 10.5. The molecule has 0 aliphatic rings. The minimum atomic E-state index is -0.100. The van der Waals surface area contributed by atoms with Crippen LogP contribution in [0.5, 0.6) is 0 Å². The zero-order valence-corrected chi connectivity index (χ0v) is 12.0. The summed E-state index contributed by atoms with van der Waals surface area (Å²) < 4.78 is 1.89. The van der Waals surface area contributed by atoms with Crippen molar-refractivity contribution in [2.24, 2.45) is 7.05 Å². The van der Waals surface area contributed by atoms with Gasteiger partial charge < -0.3 is 9.47 Å². The summed E-state index contributed by atoms with van der Waals surface area (Å²) in [7, 11) is 3.65. The van der Waals surface area contributed by atoms with E-state index in [2.05, 4.69) is 4.98 Å². The van der Waals surface area contributed by atoms with Gasteiger partial charge in [-0.25, -0.2) is 4.98 Å². The van der Waals surface area contributed by atoms with Crippen molar-refractivity contribution in [3.63, 3.8) is 0 Å². The highest BCUT2D eigenvalue weighted by Gasteiger charge is 2.17. The van der Waals surface area contributed by atoms with E-state index in [0.29, 0.717) is 17.1 Å². The van der Waals surface area contributed by atoms with Crippen LogP contribution in [0.2, 0.25) is 5.02 Å². The Morgan fingerprint density at radius 2 is 2.21 bits per heavy atom. The molecule has 1 amide bonds. The minimum Gasteiger partial charge on any atom is -0.337 e. The number of benzene rings is 1. The van der Waals surface area contributed by atoms with Crippen LogP contribution in [0.1, 0.15) is 21.7 Å². The minimum absolute atomic E-state index is 0.100. The van der Waals surface area contributed by atoms with E-state index in [9.17, 15) is 4.79 Å². The lowest BCUT2D eigenvalue weighted by Gasteiger charge is -2.18. The average Bonchev–Trinajstić information content (AvgIpc) is 2.77. The maximum Gasteiger partial charge on any atom is 0.255 e. The fourth-order valence-corrected chi connectivity index (χ4v) is 2.06. The van der Waals surface area contributed by atoms with E-state index < -0.39 is 0 Å². The van der Waals surface area contributed by atoms with Crippen molar-refractivity contribution >= 4 is 17.5 Å². The third-order valence-electron chi connectivity index (χ3n) is 3.07. The van der Waals surface area contributed by atoms with Gasteiger partial charge >= 0.3 is 0 Å². The zero-order chi connectivity index (χ0) is 14.0. The van der Waals surface area contributed by atoms with Crippen LogP contribution >= 0.6 is 11.6 Å². The highest BCUT2D eigenvalue weighted by Crippen LogP contribution is 2.21. The van der Waals surface area contributed by atoms with Crippen molar-refractivity contribution in [2.75, 3.05) is 7.05 Å². The van der Waals surface area contributed by atoms with Crippen LogP contribution in [-0.4, -0.2) is 27.4 Å². The van der Waals surface area contributed by atoms with Crippen LogP contribution in [0, 0.1) is 6.92 Å². The van der Waals surface area contributed by atoms with Gasteiger partial charge in [-0.3, -0.25) is 4.79 Å². The number of aromatic nitrogens is 2. The molecule has 0 saturated heterocycles. The molecular formula is C14H16ClN3O. The van der Waals surface area contributed by atoms with Crippen molar-refractivity contribution in [3.8, 4) is 0 Å². The second-order valence-electron chi connectivity index (χ2n) is 4.55. The SMILES string of the molecule is Cc1cccc(C(=O)N(C)Cc2nccn2C)c1Cl. The maximum absolute atomic E-state index is 12.4. The molecule has 0 saturated carbocycles. The number of carbonyl (C=O) groups is 1. The van der Waals surface area contributed by atoms with Gasteiger partial charge in [-0.15, -0.1) is 0 Å². The van der Waals surface area contributed by atoms with Crippen molar-refractivity contribution in [2.45, 2.75) is 13.5 Å². The van der Waals surface area contributed by atoms with E-state index in [0.717, 1.165) is 11.4 Å². The molecule has 0 spiro atoms. The highest BCUT2D eigenvalue weighted by atomic mass is 35.5. The third kappa shape index (κ3) is 2.79. The molecule has 0 fully saturated rings. The molecule has 0 atom stereocenters. The second kappa shape index (κ2) is 5.45. The van der Waals surface area contributed by atoms with E-state index in [1.165, 1.54) is 0 Å². The first-order valence-electron chi connectivity index (χ1n) is 5.97. The Labute approximate surface area is 117 Å². The molecule has 5 heteroatoms. The van der Waals surface area contributed by atoms with E-state index in [4.69, 9.17) is 11.6 Å². The summed E-state index contributed by atoms with van der Waals surface area (Å²) in [6, 6.07) is 5.47. The molecule has 2 rings (SSSR count). The van der Waals surface area contributed by atoms with Gasteiger partial charge in [-0.2, -0.15) is 0 Å². The van der Waals surface area contributed by atoms with Crippen molar-refractivity contribution < 1.29 is 4.79 Å². The Hall–Kier alpha value is -1.81. The fourth-order valence-electron chi connectivity index (χ4n) is 1.85. The monoisotopic (exact) mass is 277 g/mol. The first-order chi connectivity index (χ1) is 9.00. The Morgan fingerprint density at radius 3 is 2.84 bits per heavy atom. The fraction of sp³-hybridized carbons (Fsp3) is 0.286. The number of carbonyl (C=O) groups excluding carboxylic acids is 1. The topological polar surface area (TPSA) is 38.1 Å². The van der Waals surface area contributed by atoms with Gasteiger partial charge in [0.2, 0.25) is 0 Å². The van der Waals surface area contributed by atoms with Gasteiger partial charge in [0.25, 0.3) is 5.91 Å². The molecule has 0 radical (unpaired) electrons. The number of hydrogen-bond acceptors (Lipinski definition) is 2. The smallest absolute Gasteiger partial charge is 0.255 e. The van der Waals surface area contributed by atoms with E-state index in [-0.39, 0.29) is 5.91 Å². The number of nitrogens with zero attached hydrogens (tertiary/aromatic N) is 3. The highest BCUT2D eigenvalue weighted by molar-refractivity contribution is 6.34. The number of imidazole rings is 1. The maximum atomic E-state index is 12.4. The summed E-state index contributed by atoms with van der Waals surface area (Å²) in [6.07, 6.45) is 3.57. The molecule has 0 aliphatic heterocycles. The summed E-state index contributed by atoms with van der Waals surface area (Å²) in [4.78, 5) is 18.2. The van der Waals surface area contributed by atoms with Gasteiger partial charge in [-0.1, -0.05) is 23.7 Å². The number of rotatable bonds is 3. The molecule has 100 valence electrons. The van der Waals surface area contributed by atoms with Crippen LogP contribution in [0.4, 0.5) is 0 Å². The molecular weight excluding hydrogens is 262 g/mol. The lowest BCUT2D eigenvalue weighted by Crippen LogP contribution is -2.27. The molecule has 0 aliphatic carbocycles. The van der Waals surface area contributed by atoms with Crippen LogP contribution in [-0.2, 0) is 13.6 Å². The number of halogens is 1. The summed E-state index contributed by atoms with van der Waals surface area (Å²) in [5, 5.41) is 0.513. The average molecular weight is 278 g/mol. The molecule has 0 bridgehead atoms. The molecule has 4 nitrogen and oxygen atoms in total. The molecule has 1 aromatic heterocycles. The molecule has 1 aromatic carbocycles. The lowest BCUT2D eigenvalue weighted by atomic mass is 10.1. The van der Waals surface area contributed by atoms with Gasteiger partial charge in [0, 0.05) is 26.5 Å². The summed E-state index contributed by atoms with van der Waals surface area (Å²) in [5.41, 5.74) is 1.43. The summed E-state index contributed by atoms with van der Waals surface area (Å²) >= 11 is 6.18. The summed E-state index contributed by atoms with van der Waals surface area (Å²) in [6.45, 7) is 2.34. The van der Waals surface area contributed by atoms with Crippen LogP contribution < -0.4 is 0 Å². The molecule has 1 heterocycles. The first kappa shape index (κ1) is 13.6. The van der Waals surface area contributed by atoms with Crippen molar-refractivity contribution in [1.29, 1.82) is 0 Å². The Balaban J connectivity index is 2.20. The Morgan fingerprint density at radius 1 is 1.47 bits per heavy atom. The van der Waals surface area contributed by atoms with Gasteiger partial charge in [0.1, 0.15) is 5.82 Å². The molecule has 19 heavy (non-hydrogen) atoms. The Kier molecular flexibility index (Phi) is 3.90. The van der Waals surface area contributed by atoms with E-state index in [1.54, 1.807) is 24.2 Å². The van der Waals surface area contributed by atoms with E-state index >= 15 is 0 Å². The van der Waals surface area contributed by atoms with Crippen LogP contribution in [0.15, 0.2) is 30.6 Å². The third-order valence-corrected chi connectivity index (χ3v) is 3.57. The number of hydrogen-bond donors (Lipinski definition) is 0. The van der Waals surface area contributed by atoms with Gasteiger partial charge in [0.15, 0.2) is 0 Å². The van der Waals surface area contributed by atoms with Gasteiger partial charge in [0.05, 0.1) is 17.1 Å². The predicted molar refractivity (Wildman–Crippen MR) is 75.2 cm³/mol. The Bertz CT molecular complexity index is 606. The van der Waals surface area contributed by atoms with Gasteiger partial charge in [-0.05, 0) is 18.6 Å². The predicted octanol–water partition coefficient (Wildman–Crippen LogP) is 2.65. The largest absolute Gasteiger partial charge is 0.337 e. The lowest BCUT2D eigenvalue weighted by molar-refractivity contribution is 0.0780. The summed E-state index contributed by atoms with van der Waals surface area (Å²) in [5.74, 6) is 0.733. The molecule has 0 N–H and O–H groups in total.